The molecule has 2 rings (SSSR count). The van der Waals surface area contributed by atoms with Crippen molar-refractivity contribution in [3.8, 4) is 0 Å². The summed E-state index contributed by atoms with van der Waals surface area (Å²) in [7, 11) is 0. The lowest BCUT2D eigenvalue weighted by Crippen LogP contribution is -2.14. The molecule has 0 aliphatic rings. The van der Waals surface area contributed by atoms with Crippen LogP contribution < -0.4 is 5.32 Å². The van der Waals surface area contributed by atoms with Gasteiger partial charge < -0.3 is 5.32 Å². The highest BCUT2D eigenvalue weighted by atomic mass is 79.9. The molecule has 0 fully saturated rings. The quantitative estimate of drug-likeness (QED) is 0.943. The summed E-state index contributed by atoms with van der Waals surface area (Å²) in [4.78, 5) is 8.40. The van der Waals surface area contributed by atoms with E-state index >= 15 is 0 Å². The summed E-state index contributed by atoms with van der Waals surface area (Å²) in [5, 5.41) is 3.21. The third-order valence-electron chi connectivity index (χ3n) is 2.46. The van der Waals surface area contributed by atoms with Crippen molar-refractivity contribution in [2.24, 2.45) is 0 Å². The molecule has 0 unspecified atom stereocenters. The minimum atomic E-state index is -0.231. The van der Waals surface area contributed by atoms with Gasteiger partial charge in [-0.05, 0) is 30.7 Å². The summed E-state index contributed by atoms with van der Waals surface area (Å²) in [5.41, 5.74) is 2.65. The molecule has 18 heavy (non-hydrogen) atoms. The van der Waals surface area contributed by atoms with Gasteiger partial charge in [-0.2, -0.15) is 0 Å². The van der Waals surface area contributed by atoms with Gasteiger partial charge in [-0.25, -0.2) is 4.39 Å². The molecule has 0 radical (unpaired) electrons. The number of aromatic nitrogens is 2. The Bertz CT molecular complexity index is 528. The number of nitrogens with one attached hydrogen (secondary N) is 1. The molecule has 1 heterocycles. The van der Waals surface area contributed by atoms with E-state index < -0.39 is 0 Å². The van der Waals surface area contributed by atoms with Crippen LogP contribution in [-0.4, -0.2) is 9.97 Å². The molecule has 0 aliphatic carbocycles. The molecule has 0 saturated carbocycles. The predicted octanol–water partition coefficient (Wildman–Crippen LogP) is 2.98. The van der Waals surface area contributed by atoms with E-state index in [2.05, 4.69) is 31.2 Å². The van der Waals surface area contributed by atoms with E-state index in [0.29, 0.717) is 13.1 Å². The van der Waals surface area contributed by atoms with E-state index in [-0.39, 0.29) is 5.82 Å². The Morgan fingerprint density at radius 3 is 2.78 bits per heavy atom. The van der Waals surface area contributed by atoms with Crippen LogP contribution in [0.2, 0.25) is 0 Å². The van der Waals surface area contributed by atoms with Gasteiger partial charge in [0.1, 0.15) is 5.82 Å². The van der Waals surface area contributed by atoms with Crippen molar-refractivity contribution >= 4 is 15.9 Å². The monoisotopic (exact) mass is 309 g/mol. The van der Waals surface area contributed by atoms with Crippen LogP contribution in [0.3, 0.4) is 0 Å². The molecular weight excluding hydrogens is 297 g/mol. The van der Waals surface area contributed by atoms with Crippen molar-refractivity contribution in [3.63, 3.8) is 0 Å². The van der Waals surface area contributed by atoms with Crippen molar-refractivity contribution in [3.05, 3.63) is 57.8 Å². The third kappa shape index (κ3) is 3.58. The number of hydrogen-bond donors (Lipinski definition) is 1. The molecule has 2 aromatic rings. The summed E-state index contributed by atoms with van der Waals surface area (Å²) in [5.74, 6) is -0.231. The standard InChI is InChI=1S/C13H13BrFN3/c1-9-5-18-12(8-17-9)7-16-6-10-4-11(15)2-3-13(10)14/h2-5,8,16H,6-7H2,1H3. The van der Waals surface area contributed by atoms with Crippen molar-refractivity contribution < 1.29 is 4.39 Å². The van der Waals surface area contributed by atoms with Gasteiger partial charge in [0.05, 0.1) is 11.4 Å². The van der Waals surface area contributed by atoms with Crippen molar-refractivity contribution in [2.45, 2.75) is 20.0 Å². The first kappa shape index (κ1) is 13.1. The lowest BCUT2D eigenvalue weighted by molar-refractivity contribution is 0.618. The maximum Gasteiger partial charge on any atom is 0.123 e. The fourth-order valence-electron chi connectivity index (χ4n) is 1.51. The average Bonchev–Trinajstić information content (AvgIpc) is 2.36. The zero-order valence-electron chi connectivity index (χ0n) is 9.95. The summed E-state index contributed by atoms with van der Waals surface area (Å²) < 4.78 is 14.0. The normalized spacial score (nSPS) is 10.6. The average molecular weight is 310 g/mol. The Hall–Kier alpha value is -1.33. The molecule has 0 atom stereocenters. The van der Waals surface area contributed by atoms with Crippen LogP contribution in [0.5, 0.6) is 0 Å². The highest BCUT2D eigenvalue weighted by Gasteiger charge is 2.02. The van der Waals surface area contributed by atoms with Crippen LogP contribution in [0, 0.1) is 12.7 Å². The van der Waals surface area contributed by atoms with Gasteiger partial charge in [0, 0.05) is 30.0 Å². The summed E-state index contributed by atoms with van der Waals surface area (Å²) in [6, 6.07) is 4.65. The smallest absolute Gasteiger partial charge is 0.123 e. The van der Waals surface area contributed by atoms with Gasteiger partial charge >= 0.3 is 0 Å². The van der Waals surface area contributed by atoms with Crippen LogP contribution in [0.25, 0.3) is 0 Å². The third-order valence-corrected chi connectivity index (χ3v) is 3.24. The number of hydrogen-bond acceptors (Lipinski definition) is 3. The van der Waals surface area contributed by atoms with E-state index in [1.54, 1.807) is 18.5 Å². The second kappa shape index (κ2) is 6.02. The Kier molecular flexibility index (Phi) is 4.38. The van der Waals surface area contributed by atoms with Crippen molar-refractivity contribution in [1.82, 2.24) is 15.3 Å². The number of aryl methyl sites for hydroxylation is 1. The second-order valence-electron chi connectivity index (χ2n) is 3.99. The van der Waals surface area contributed by atoms with Gasteiger partial charge in [-0.3, -0.25) is 9.97 Å². The fourth-order valence-corrected chi connectivity index (χ4v) is 1.90. The molecule has 1 aromatic heterocycles. The minimum Gasteiger partial charge on any atom is -0.307 e. The Balaban J connectivity index is 1.92. The Labute approximate surface area is 114 Å². The zero-order valence-corrected chi connectivity index (χ0v) is 11.5. The molecule has 0 aliphatic heterocycles. The summed E-state index contributed by atoms with van der Waals surface area (Å²) in [6.45, 7) is 3.08. The van der Waals surface area contributed by atoms with Crippen molar-refractivity contribution in [1.29, 1.82) is 0 Å². The van der Waals surface area contributed by atoms with Gasteiger partial charge in [-0.15, -0.1) is 0 Å². The molecule has 94 valence electrons. The zero-order chi connectivity index (χ0) is 13.0. The van der Waals surface area contributed by atoms with E-state index in [4.69, 9.17) is 0 Å². The summed E-state index contributed by atoms with van der Waals surface area (Å²) in [6.07, 6.45) is 3.47. The SMILES string of the molecule is Cc1cnc(CNCc2cc(F)ccc2Br)cn1. The number of halogens is 2. The van der Waals surface area contributed by atoms with Crippen LogP contribution in [0.1, 0.15) is 17.0 Å². The van der Waals surface area contributed by atoms with E-state index in [0.717, 1.165) is 21.4 Å². The Morgan fingerprint density at radius 2 is 2.06 bits per heavy atom. The molecular formula is C13H13BrFN3. The summed E-state index contributed by atoms with van der Waals surface area (Å²) >= 11 is 3.39. The topological polar surface area (TPSA) is 37.8 Å². The maximum absolute atomic E-state index is 13.1. The molecule has 0 bridgehead atoms. The van der Waals surface area contributed by atoms with Crippen LogP contribution in [-0.2, 0) is 13.1 Å². The molecule has 0 saturated heterocycles. The predicted molar refractivity (Wildman–Crippen MR) is 71.4 cm³/mol. The van der Waals surface area contributed by atoms with Crippen LogP contribution >= 0.6 is 15.9 Å². The molecule has 1 aromatic carbocycles. The highest BCUT2D eigenvalue weighted by Crippen LogP contribution is 2.17. The van der Waals surface area contributed by atoms with Gasteiger partial charge in [0.2, 0.25) is 0 Å². The molecule has 3 nitrogen and oxygen atoms in total. The van der Waals surface area contributed by atoms with Crippen LogP contribution in [0.4, 0.5) is 4.39 Å². The Morgan fingerprint density at radius 1 is 1.22 bits per heavy atom. The lowest BCUT2D eigenvalue weighted by Gasteiger charge is -2.06. The highest BCUT2D eigenvalue weighted by molar-refractivity contribution is 9.10. The lowest BCUT2D eigenvalue weighted by atomic mass is 10.2. The number of nitrogens with zero attached hydrogens (tertiary/aromatic N) is 2. The molecule has 0 spiro atoms. The first-order valence-electron chi connectivity index (χ1n) is 5.57. The van der Waals surface area contributed by atoms with E-state index in [1.165, 1.54) is 12.1 Å². The minimum absolute atomic E-state index is 0.231. The molecule has 0 amide bonds. The molecule has 1 N–H and O–H groups in total. The number of rotatable bonds is 4. The second-order valence-corrected chi connectivity index (χ2v) is 4.84. The van der Waals surface area contributed by atoms with Crippen LogP contribution in [0.15, 0.2) is 35.1 Å². The van der Waals surface area contributed by atoms with E-state index in [9.17, 15) is 4.39 Å². The van der Waals surface area contributed by atoms with Gasteiger partial charge in [0.25, 0.3) is 0 Å². The number of benzene rings is 1. The van der Waals surface area contributed by atoms with Gasteiger partial charge in [0.15, 0.2) is 0 Å². The first-order chi connectivity index (χ1) is 8.65. The largest absolute Gasteiger partial charge is 0.307 e. The van der Waals surface area contributed by atoms with E-state index in [1.807, 2.05) is 6.92 Å². The fraction of sp³-hybridized carbons (Fsp3) is 0.231. The first-order valence-corrected chi connectivity index (χ1v) is 6.36. The maximum atomic E-state index is 13.1. The van der Waals surface area contributed by atoms with Crippen molar-refractivity contribution in [2.75, 3.05) is 0 Å². The van der Waals surface area contributed by atoms with Gasteiger partial charge in [-0.1, -0.05) is 15.9 Å². The molecule has 5 heteroatoms.